The van der Waals surface area contributed by atoms with Crippen molar-refractivity contribution < 1.29 is 38.1 Å². The molecule has 3 aromatic rings. The molecule has 41 heavy (non-hydrogen) atoms. The molecule has 0 N–H and O–H groups in total. The Balaban J connectivity index is 1.53. The number of carbonyl (C=O) groups is 3. The summed E-state index contributed by atoms with van der Waals surface area (Å²) in [6.45, 7) is 3.95. The van der Waals surface area contributed by atoms with Gasteiger partial charge in [-0.25, -0.2) is 0 Å². The largest absolute Gasteiger partial charge is 0.490 e. The molecule has 1 aliphatic carbocycles. The molecule has 9 heteroatoms. The topological polar surface area (TPSA) is 97.4 Å². The Morgan fingerprint density at radius 3 is 2.39 bits per heavy atom. The van der Waals surface area contributed by atoms with Gasteiger partial charge in [0.15, 0.2) is 6.10 Å². The first-order valence-electron chi connectivity index (χ1n) is 14.2. The summed E-state index contributed by atoms with van der Waals surface area (Å²) >= 11 is 1.75. The summed E-state index contributed by atoms with van der Waals surface area (Å²) in [5.74, 6) is -0.806. The highest BCUT2D eigenvalue weighted by molar-refractivity contribution is 7.19. The van der Waals surface area contributed by atoms with Crippen LogP contribution in [0.4, 0.5) is 0 Å². The van der Waals surface area contributed by atoms with Crippen molar-refractivity contribution >= 4 is 39.3 Å². The van der Waals surface area contributed by atoms with Crippen LogP contribution < -0.4 is 4.74 Å². The second kappa shape index (κ2) is 13.0. The van der Waals surface area contributed by atoms with Crippen molar-refractivity contribution in [1.29, 1.82) is 0 Å². The molecular weight excluding hydrogens is 544 g/mol. The normalized spacial score (nSPS) is 22.8. The molecule has 2 heterocycles. The van der Waals surface area contributed by atoms with E-state index in [0.717, 1.165) is 31.2 Å². The third kappa shape index (κ3) is 7.45. The van der Waals surface area contributed by atoms with E-state index in [2.05, 4.69) is 24.3 Å². The smallest absolute Gasteiger partial charge is 0.303 e. The van der Waals surface area contributed by atoms with Gasteiger partial charge in [-0.3, -0.25) is 14.4 Å². The number of thiophene rings is 1. The van der Waals surface area contributed by atoms with E-state index in [0.29, 0.717) is 17.7 Å². The van der Waals surface area contributed by atoms with E-state index in [1.54, 1.807) is 11.3 Å². The van der Waals surface area contributed by atoms with E-state index in [9.17, 15) is 14.4 Å². The van der Waals surface area contributed by atoms with Gasteiger partial charge in [-0.15, -0.1) is 11.3 Å². The second-order valence-electron chi connectivity index (χ2n) is 10.8. The Bertz CT molecular complexity index is 1360. The predicted molar refractivity (Wildman–Crippen MR) is 154 cm³/mol. The van der Waals surface area contributed by atoms with Gasteiger partial charge in [0, 0.05) is 48.8 Å². The van der Waals surface area contributed by atoms with Crippen molar-refractivity contribution in [3.8, 4) is 5.75 Å². The van der Waals surface area contributed by atoms with Crippen molar-refractivity contribution in [1.82, 2.24) is 0 Å². The van der Waals surface area contributed by atoms with E-state index in [1.165, 1.54) is 35.7 Å². The van der Waals surface area contributed by atoms with Gasteiger partial charge in [0.2, 0.25) is 0 Å². The molecule has 1 aliphatic heterocycles. The minimum absolute atomic E-state index is 0.0172. The monoisotopic (exact) mass is 580 g/mol. The lowest BCUT2D eigenvalue weighted by Gasteiger charge is -2.41. The molecule has 2 aliphatic rings. The lowest BCUT2D eigenvalue weighted by Crippen LogP contribution is -2.49. The average Bonchev–Trinajstić information content (AvgIpc) is 3.58. The quantitative estimate of drug-likeness (QED) is 0.222. The van der Waals surface area contributed by atoms with Crippen LogP contribution in [0.25, 0.3) is 10.1 Å². The Labute approximate surface area is 243 Å². The number of benzene rings is 2. The molecule has 218 valence electrons. The number of ether oxygens (including phenoxy) is 5. The number of hydrogen-bond acceptors (Lipinski definition) is 9. The summed E-state index contributed by atoms with van der Waals surface area (Å²) in [5, 5.41) is 1.21. The van der Waals surface area contributed by atoms with Crippen LogP contribution in [-0.2, 0) is 39.8 Å². The molecule has 1 saturated heterocycles. The fourth-order valence-corrected chi connectivity index (χ4v) is 6.80. The van der Waals surface area contributed by atoms with Crippen molar-refractivity contribution in [2.75, 3.05) is 6.61 Å². The molecule has 5 rings (SSSR count). The Hall–Kier alpha value is -3.43. The Kier molecular flexibility index (Phi) is 9.25. The SMILES string of the molecule is CC(=O)OC[C@@H]1C[C@H](OC(C)=O)[C@@H](OC(C)=O)[C@H](c2cc(Cc3cc4ccccc4s3)ccc2OC2CCCC2)O1. The van der Waals surface area contributed by atoms with Crippen LogP contribution in [0.3, 0.4) is 0 Å². The fourth-order valence-electron chi connectivity index (χ4n) is 5.70. The first-order chi connectivity index (χ1) is 19.7. The van der Waals surface area contributed by atoms with Gasteiger partial charge in [0.25, 0.3) is 0 Å². The van der Waals surface area contributed by atoms with Crippen LogP contribution in [0.2, 0.25) is 0 Å². The highest BCUT2D eigenvalue weighted by Gasteiger charge is 2.45. The van der Waals surface area contributed by atoms with Crippen molar-refractivity contribution in [2.45, 2.75) is 89.8 Å². The lowest BCUT2D eigenvalue weighted by atomic mass is 9.91. The number of esters is 3. The Morgan fingerprint density at radius 1 is 0.927 bits per heavy atom. The molecule has 4 atom stereocenters. The van der Waals surface area contributed by atoms with Gasteiger partial charge in [-0.1, -0.05) is 24.3 Å². The van der Waals surface area contributed by atoms with Gasteiger partial charge >= 0.3 is 17.9 Å². The zero-order chi connectivity index (χ0) is 28.9. The zero-order valence-corrected chi connectivity index (χ0v) is 24.4. The van der Waals surface area contributed by atoms with Gasteiger partial charge in [0.1, 0.15) is 24.6 Å². The zero-order valence-electron chi connectivity index (χ0n) is 23.6. The summed E-state index contributed by atoms with van der Waals surface area (Å²) in [6, 6.07) is 16.6. The summed E-state index contributed by atoms with van der Waals surface area (Å²) in [5.41, 5.74) is 1.76. The second-order valence-corrected chi connectivity index (χ2v) is 11.9. The van der Waals surface area contributed by atoms with Crippen LogP contribution in [0.15, 0.2) is 48.5 Å². The molecule has 1 aromatic heterocycles. The van der Waals surface area contributed by atoms with E-state index in [4.69, 9.17) is 23.7 Å². The molecule has 0 radical (unpaired) electrons. The molecule has 0 bridgehead atoms. The standard InChI is InChI=1S/C32H36O8S/c1-19(33)36-18-25-17-29(37-20(2)34)32(38-21(3)35)31(40-25)27-15-22(12-13-28(27)39-24-9-5-6-10-24)14-26-16-23-8-4-7-11-30(23)41-26/h4,7-8,11-13,15-16,24-25,29,31-32H,5-6,9-10,14,17-18H2,1-3H3/t25-,29-,31-,32+/m0/s1. The molecule has 2 aromatic carbocycles. The van der Waals surface area contributed by atoms with Crippen LogP contribution >= 0.6 is 11.3 Å². The minimum Gasteiger partial charge on any atom is -0.490 e. The number of carbonyl (C=O) groups excluding carboxylic acids is 3. The van der Waals surface area contributed by atoms with Crippen molar-refractivity contribution in [3.05, 3.63) is 64.5 Å². The fraction of sp³-hybridized carbons (Fsp3) is 0.469. The van der Waals surface area contributed by atoms with Crippen molar-refractivity contribution in [3.63, 3.8) is 0 Å². The van der Waals surface area contributed by atoms with Crippen LogP contribution in [0, 0.1) is 0 Å². The highest BCUT2D eigenvalue weighted by Crippen LogP contribution is 2.41. The first-order valence-corrected chi connectivity index (χ1v) is 15.0. The predicted octanol–water partition coefficient (Wildman–Crippen LogP) is 6.07. The molecule has 0 amide bonds. The molecular formula is C32H36O8S. The number of rotatable bonds is 9. The third-order valence-corrected chi connectivity index (χ3v) is 8.54. The van der Waals surface area contributed by atoms with Gasteiger partial charge < -0.3 is 23.7 Å². The maximum Gasteiger partial charge on any atom is 0.303 e. The summed E-state index contributed by atoms with van der Waals surface area (Å²) < 4.78 is 30.9. The highest BCUT2D eigenvalue weighted by atomic mass is 32.1. The van der Waals surface area contributed by atoms with Crippen LogP contribution in [0.5, 0.6) is 5.75 Å². The first kappa shape index (κ1) is 29.1. The summed E-state index contributed by atoms with van der Waals surface area (Å²) in [7, 11) is 0. The summed E-state index contributed by atoms with van der Waals surface area (Å²) in [6.07, 6.45) is 2.06. The van der Waals surface area contributed by atoms with Crippen molar-refractivity contribution in [2.24, 2.45) is 0 Å². The number of fused-ring (bicyclic) bond motifs is 1. The third-order valence-electron chi connectivity index (χ3n) is 7.42. The molecule has 0 spiro atoms. The van der Waals surface area contributed by atoms with Crippen LogP contribution in [0.1, 0.15) is 75.0 Å². The van der Waals surface area contributed by atoms with Gasteiger partial charge in [-0.2, -0.15) is 0 Å². The molecule has 0 unspecified atom stereocenters. The molecule has 1 saturated carbocycles. The minimum atomic E-state index is -0.907. The van der Waals surface area contributed by atoms with Crippen LogP contribution in [-0.4, -0.2) is 48.9 Å². The summed E-state index contributed by atoms with van der Waals surface area (Å²) in [4.78, 5) is 37.1. The van der Waals surface area contributed by atoms with E-state index in [-0.39, 0.29) is 19.1 Å². The maximum absolute atomic E-state index is 12.3. The number of hydrogen-bond donors (Lipinski definition) is 0. The van der Waals surface area contributed by atoms with E-state index >= 15 is 0 Å². The van der Waals surface area contributed by atoms with Gasteiger partial charge in [0.05, 0.1) is 12.2 Å². The average molecular weight is 581 g/mol. The van der Waals surface area contributed by atoms with E-state index < -0.39 is 42.3 Å². The maximum atomic E-state index is 12.3. The van der Waals surface area contributed by atoms with E-state index in [1.807, 2.05) is 24.3 Å². The molecule has 8 nitrogen and oxygen atoms in total. The van der Waals surface area contributed by atoms with Gasteiger partial charge in [-0.05, 0) is 60.9 Å². The lowest BCUT2D eigenvalue weighted by molar-refractivity contribution is -0.214. The molecule has 2 fully saturated rings. The Morgan fingerprint density at radius 2 is 1.68 bits per heavy atom.